The molecular weight excluding hydrogens is 206 g/mol. The van der Waals surface area contributed by atoms with Crippen LogP contribution >= 0.6 is 12.2 Å². The van der Waals surface area contributed by atoms with Crippen molar-refractivity contribution >= 4 is 22.9 Å². The number of aromatic nitrogens is 1. The fourth-order valence-electron chi connectivity index (χ4n) is 1.79. The van der Waals surface area contributed by atoms with Gasteiger partial charge in [0.1, 0.15) is 10.7 Å². The average Bonchev–Trinajstić information content (AvgIpc) is 2.97. The van der Waals surface area contributed by atoms with Gasteiger partial charge in [0.05, 0.1) is 5.69 Å². The molecule has 0 aromatic carbocycles. The van der Waals surface area contributed by atoms with Crippen LogP contribution in [0.2, 0.25) is 0 Å². The Balaban J connectivity index is 2.11. The lowest BCUT2D eigenvalue weighted by atomic mass is 10.2. The third-order valence-corrected chi connectivity index (χ3v) is 3.02. The molecule has 1 aliphatic carbocycles. The van der Waals surface area contributed by atoms with Crippen molar-refractivity contribution in [1.82, 2.24) is 4.98 Å². The van der Waals surface area contributed by atoms with E-state index in [0.717, 1.165) is 11.6 Å². The van der Waals surface area contributed by atoms with Crippen LogP contribution in [0, 0.1) is 5.92 Å². The smallest absolute Gasteiger partial charge is 0.124 e. The van der Waals surface area contributed by atoms with E-state index in [1.165, 1.54) is 12.8 Å². The Bertz CT molecular complexity index is 378. The standard InChI is InChI=1S/C11H15N3S/c1-2-7-6-9(7)14-8-4-3-5-13-10(8)11(12)15/h3-5,7,9,14H,2,6H2,1H3,(H2,12,15). The number of nitrogens with one attached hydrogen (secondary N) is 1. The van der Waals surface area contributed by atoms with Gasteiger partial charge in [-0.25, -0.2) is 0 Å². The molecule has 0 aliphatic heterocycles. The third kappa shape index (κ3) is 2.26. The highest BCUT2D eigenvalue weighted by molar-refractivity contribution is 7.80. The predicted octanol–water partition coefficient (Wildman–Crippen LogP) is 1.93. The molecule has 0 amide bonds. The van der Waals surface area contributed by atoms with Crippen LogP contribution in [0.25, 0.3) is 0 Å². The van der Waals surface area contributed by atoms with Crippen LogP contribution in [-0.2, 0) is 0 Å². The fourth-order valence-corrected chi connectivity index (χ4v) is 1.96. The summed E-state index contributed by atoms with van der Waals surface area (Å²) in [6.07, 6.45) is 4.17. The van der Waals surface area contributed by atoms with E-state index in [-0.39, 0.29) is 0 Å². The highest BCUT2D eigenvalue weighted by Crippen LogP contribution is 2.36. The topological polar surface area (TPSA) is 50.9 Å². The summed E-state index contributed by atoms with van der Waals surface area (Å²) in [5, 5.41) is 3.44. The van der Waals surface area contributed by atoms with Gasteiger partial charge in [0.15, 0.2) is 0 Å². The maximum atomic E-state index is 5.61. The Morgan fingerprint density at radius 1 is 1.73 bits per heavy atom. The molecule has 0 saturated heterocycles. The first-order valence-corrected chi connectivity index (χ1v) is 5.64. The summed E-state index contributed by atoms with van der Waals surface area (Å²) >= 11 is 4.96. The van der Waals surface area contributed by atoms with Gasteiger partial charge in [-0.1, -0.05) is 25.6 Å². The van der Waals surface area contributed by atoms with Crippen molar-refractivity contribution in [3.05, 3.63) is 24.0 Å². The summed E-state index contributed by atoms with van der Waals surface area (Å²) in [4.78, 5) is 4.53. The molecule has 1 saturated carbocycles. The molecule has 1 aromatic rings. The molecule has 0 radical (unpaired) electrons. The summed E-state index contributed by atoms with van der Waals surface area (Å²) in [6.45, 7) is 2.21. The van der Waals surface area contributed by atoms with Crippen LogP contribution in [0.1, 0.15) is 25.5 Å². The second kappa shape index (κ2) is 4.14. The van der Waals surface area contributed by atoms with Crippen molar-refractivity contribution in [3.63, 3.8) is 0 Å². The molecule has 1 fully saturated rings. The molecule has 80 valence electrons. The van der Waals surface area contributed by atoms with Crippen LogP contribution in [0.15, 0.2) is 18.3 Å². The number of rotatable bonds is 4. The molecule has 15 heavy (non-hydrogen) atoms. The highest BCUT2D eigenvalue weighted by atomic mass is 32.1. The molecule has 2 unspecified atom stereocenters. The predicted molar refractivity (Wildman–Crippen MR) is 65.9 cm³/mol. The molecule has 4 heteroatoms. The Labute approximate surface area is 95.1 Å². The van der Waals surface area contributed by atoms with Crippen LogP contribution in [0.3, 0.4) is 0 Å². The number of anilines is 1. The van der Waals surface area contributed by atoms with E-state index in [1.807, 2.05) is 12.1 Å². The highest BCUT2D eigenvalue weighted by Gasteiger charge is 2.35. The number of hydrogen-bond acceptors (Lipinski definition) is 3. The second-order valence-electron chi connectivity index (χ2n) is 3.92. The minimum atomic E-state index is 0.354. The minimum absolute atomic E-state index is 0.354. The van der Waals surface area contributed by atoms with Crippen molar-refractivity contribution < 1.29 is 0 Å². The first kappa shape index (κ1) is 10.4. The van der Waals surface area contributed by atoms with Crippen LogP contribution < -0.4 is 11.1 Å². The van der Waals surface area contributed by atoms with E-state index in [9.17, 15) is 0 Å². The molecule has 3 N–H and O–H groups in total. The minimum Gasteiger partial charge on any atom is -0.388 e. The van der Waals surface area contributed by atoms with E-state index in [1.54, 1.807) is 6.20 Å². The largest absolute Gasteiger partial charge is 0.388 e. The SMILES string of the molecule is CCC1CC1Nc1cccnc1C(N)=S. The monoisotopic (exact) mass is 221 g/mol. The van der Waals surface area contributed by atoms with Gasteiger partial charge in [-0.05, 0) is 24.5 Å². The van der Waals surface area contributed by atoms with Gasteiger partial charge in [-0.3, -0.25) is 4.98 Å². The lowest BCUT2D eigenvalue weighted by molar-refractivity contribution is 0.774. The Kier molecular flexibility index (Phi) is 2.86. The van der Waals surface area contributed by atoms with Crippen LogP contribution in [-0.4, -0.2) is 16.0 Å². The molecular formula is C11H15N3S. The van der Waals surface area contributed by atoms with E-state index in [4.69, 9.17) is 18.0 Å². The Hall–Kier alpha value is -1.16. The molecule has 0 bridgehead atoms. The normalized spacial score (nSPS) is 23.5. The number of nitrogens with zero attached hydrogens (tertiary/aromatic N) is 1. The van der Waals surface area contributed by atoms with Crippen molar-refractivity contribution in [2.24, 2.45) is 11.7 Å². The number of hydrogen-bond donors (Lipinski definition) is 2. The molecule has 2 atom stereocenters. The summed E-state index contributed by atoms with van der Waals surface area (Å²) < 4.78 is 0. The van der Waals surface area contributed by atoms with Gasteiger partial charge in [-0.2, -0.15) is 0 Å². The maximum absolute atomic E-state index is 5.61. The van der Waals surface area contributed by atoms with E-state index >= 15 is 0 Å². The van der Waals surface area contributed by atoms with Gasteiger partial charge in [0, 0.05) is 12.2 Å². The van der Waals surface area contributed by atoms with Gasteiger partial charge >= 0.3 is 0 Å². The van der Waals surface area contributed by atoms with Crippen molar-refractivity contribution in [1.29, 1.82) is 0 Å². The second-order valence-corrected chi connectivity index (χ2v) is 4.36. The van der Waals surface area contributed by atoms with Crippen molar-refractivity contribution in [3.8, 4) is 0 Å². The number of nitrogens with two attached hydrogens (primary N) is 1. The summed E-state index contributed by atoms with van der Waals surface area (Å²) in [5.74, 6) is 0.796. The molecule has 2 rings (SSSR count). The maximum Gasteiger partial charge on any atom is 0.124 e. The molecule has 1 aromatic heterocycles. The molecule has 1 heterocycles. The summed E-state index contributed by atoms with van der Waals surface area (Å²) in [5.41, 5.74) is 7.27. The van der Waals surface area contributed by atoms with Gasteiger partial charge in [0.2, 0.25) is 0 Å². The van der Waals surface area contributed by atoms with Crippen LogP contribution in [0.5, 0.6) is 0 Å². The molecule has 1 aliphatic rings. The molecule has 3 nitrogen and oxygen atoms in total. The first-order valence-electron chi connectivity index (χ1n) is 5.23. The zero-order valence-corrected chi connectivity index (χ0v) is 9.55. The fraction of sp³-hybridized carbons (Fsp3) is 0.455. The van der Waals surface area contributed by atoms with Gasteiger partial charge in [0.25, 0.3) is 0 Å². The zero-order chi connectivity index (χ0) is 10.8. The van der Waals surface area contributed by atoms with E-state index in [0.29, 0.717) is 16.7 Å². The summed E-state index contributed by atoms with van der Waals surface area (Å²) in [7, 11) is 0. The van der Waals surface area contributed by atoms with E-state index in [2.05, 4.69) is 17.2 Å². The quantitative estimate of drug-likeness (QED) is 0.763. The van der Waals surface area contributed by atoms with Crippen molar-refractivity contribution in [2.45, 2.75) is 25.8 Å². The van der Waals surface area contributed by atoms with Crippen LogP contribution in [0.4, 0.5) is 5.69 Å². The number of pyridine rings is 1. The van der Waals surface area contributed by atoms with Crippen molar-refractivity contribution in [2.75, 3.05) is 5.32 Å². The first-order chi connectivity index (χ1) is 7.22. The van der Waals surface area contributed by atoms with Gasteiger partial charge in [-0.15, -0.1) is 0 Å². The third-order valence-electron chi connectivity index (χ3n) is 2.83. The Morgan fingerprint density at radius 3 is 3.13 bits per heavy atom. The lowest BCUT2D eigenvalue weighted by Crippen LogP contribution is -2.16. The van der Waals surface area contributed by atoms with Gasteiger partial charge < -0.3 is 11.1 Å². The lowest BCUT2D eigenvalue weighted by Gasteiger charge is -2.09. The number of thiocarbonyl (C=S) groups is 1. The molecule has 0 spiro atoms. The van der Waals surface area contributed by atoms with E-state index < -0.39 is 0 Å². The Morgan fingerprint density at radius 2 is 2.53 bits per heavy atom. The summed E-state index contributed by atoms with van der Waals surface area (Å²) in [6, 6.07) is 4.45. The zero-order valence-electron chi connectivity index (χ0n) is 8.73. The average molecular weight is 221 g/mol.